The largest absolute Gasteiger partial charge is 0.481 e. The zero-order valence-corrected chi connectivity index (χ0v) is 12.2. The summed E-state index contributed by atoms with van der Waals surface area (Å²) in [5.74, 6) is -1.87. The first-order valence-corrected chi connectivity index (χ1v) is 7.62. The SMILES string of the molecule is Cn1ncc2c1CCCC2NC(=O)[C@@H]1CCC[C@@H]1C(=O)O. The molecule has 1 saturated carbocycles. The molecule has 6 nitrogen and oxygen atoms in total. The third-order valence-corrected chi connectivity index (χ3v) is 4.86. The van der Waals surface area contributed by atoms with Crippen molar-refractivity contribution in [2.45, 2.75) is 44.6 Å². The Hall–Kier alpha value is -1.85. The first-order chi connectivity index (χ1) is 10.1. The van der Waals surface area contributed by atoms with Crippen LogP contribution >= 0.6 is 0 Å². The van der Waals surface area contributed by atoms with Crippen molar-refractivity contribution in [2.75, 3.05) is 0 Å². The Morgan fingerprint density at radius 3 is 2.81 bits per heavy atom. The highest BCUT2D eigenvalue weighted by molar-refractivity contribution is 5.85. The number of hydrogen-bond acceptors (Lipinski definition) is 3. The van der Waals surface area contributed by atoms with Crippen LogP contribution in [0.4, 0.5) is 0 Å². The van der Waals surface area contributed by atoms with E-state index < -0.39 is 11.9 Å². The van der Waals surface area contributed by atoms with Crippen LogP contribution in [0.25, 0.3) is 0 Å². The lowest BCUT2D eigenvalue weighted by Crippen LogP contribution is -2.38. The van der Waals surface area contributed by atoms with Crippen LogP contribution in [0.2, 0.25) is 0 Å². The predicted molar refractivity (Wildman–Crippen MR) is 75.5 cm³/mol. The standard InChI is InChI=1S/C15H21N3O3/c1-18-13-7-3-6-12(11(13)8-16-18)17-14(19)9-4-2-5-10(9)15(20)21/h8-10,12H,2-7H2,1H3,(H,17,19)(H,20,21)/t9-,10+,12?/m1/s1. The van der Waals surface area contributed by atoms with E-state index >= 15 is 0 Å². The summed E-state index contributed by atoms with van der Waals surface area (Å²) in [5.41, 5.74) is 2.26. The van der Waals surface area contributed by atoms with E-state index in [4.69, 9.17) is 0 Å². The van der Waals surface area contributed by atoms with E-state index in [2.05, 4.69) is 10.4 Å². The zero-order valence-electron chi connectivity index (χ0n) is 12.2. The molecule has 1 heterocycles. The summed E-state index contributed by atoms with van der Waals surface area (Å²) < 4.78 is 1.86. The fourth-order valence-electron chi connectivity index (χ4n) is 3.70. The number of amides is 1. The Bertz CT molecular complexity index is 567. The number of nitrogens with zero attached hydrogens (tertiary/aromatic N) is 2. The number of carbonyl (C=O) groups is 2. The minimum Gasteiger partial charge on any atom is -0.481 e. The molecule has 2 aliphatic carbocycles. The van der Waals surface area contributed by atoms with Crippen molar-refractivity contribution in [1.82, 2.24) is 15.1 Å². The number of carbonyl (C=O) groups excluding carboxylic acids is 1. The van der Waals surface area contributed by atoms with Crippen LogP contribution in [0.15, 0.2) is 6.20 Å². The van der Waals surface area contributed by atoms with Crippen LogP contribution in [0.3, 0.4) is 0 Å². The molecule has 3 rings (SSSR count). The number of carboxylic acid groups (broad SMARTS) is 1. The van der Waals surface area contributed by atoms with Crippen LogP contribution < -0.4 is 5.32 Å². The highest BCUT2D eigenvalue weighted by atomic mass is 16.4. The van der Waals surface area contributed by atoms with E-state index in [0.717, 1.165) is 31.2 Å². The van der Waals surface area contributed by atoms with Gasteiger partial charge in [0, 0.05) is 18.3 Å². The van der Waals surface area contributed by atoms with Crippen molar-refractivity contribution in [3.05, 3.63) is 17.5 Å². The molecule has 1 aromatic rings. The van der Waals surface area contributed by atoms with Crippen molar-refractivity contribution >= 4 is 11.9 Å². The Morgan fingerprint density at radius 2 is 2.05 bits per heavy atom. The molecule has 1 amide bonds. The molecule has 0 radical (unpaired) electrons. The summed E-state index contributed by atoms with van der Waals surface area (Å²) in [5, 5.41) is 16.5. The minimum atomic E-state index is -0.849. The lowest BCUT2D eigenvalue weighted by atomic mass is 9.90. The topological polar surface area (TPSA) is 84.2 Å². The Balaban J connectivity index is 1.72. The molecule has 0 saturated heterocycles. The first kappa shape index (κ1) is 14.1. The third-order valence-electron chi connectivity index (χ3n) is 4.86. The smallest absolute Gasteiger partial charge is 0.307 e. The summed E-state index contributed by atoms with van der Waals surface area (Å²) >= 11 is 0. The highest BCUT2D eigenvalue weighted by Gasteiger charge is 2.38. The highest BCUT2D eigenvalue weighted by Crippen LogP contribution is 2.34. The lowest BCUT2D eigenvalue weighted by Gasteiger charge is -2.26. The number of hydrogen-bond donors (Lipinski definition) is 2. The average Bonchev–Trinajstić information content (AvgIpc) is 3.07. The number of aliphatic carboxylic acids is 1. The van der Waals surface area contributed by atoms with Crippen LogP contribution in [0.5, 0.6) is 0 Å². The van der Waals surface area contributed by atoms with Crippen molar-refractivity contribution in [1.29, 1.82) is 0 Å². The van der Waals surface area contributed by atoms with E-state index in [9.17, 15) is 14.7 Å². The van der Waals surface area contributed by atoms with Crippen molar-refractivity contribution in [3.63, 3.8) is 0 Å². The maximum atomic E-state index is 12.4. The molecule has 114 valence electrons. The number of aryl methyl sites for hydroxylation is 1. The lowest BCUT2D eigenvalue weighted by molar-refractivity contribution is -0.146. The summed E-state index contributed by atoms with van der Waals surface area (Å²) in [6, 6.07) is -0.0232. The average molecular weight is 291 g/mol. The second-order valence-corrected chi connectivity index (χ2v) is 6.11. The van der Waals surface area contributed by atoms with Crippen molar-refractivity contribution in [3.8, 4) is 0 Å². The van der Waals surface area contributed by atoms with E-state index in [1.807, 2.05) is 17.9 Å². The molecule has 3 atom stereocenters. The Morgan fingerprint density at radius 1 is 1.29 bits per heavy atom. The molecule has 0 aliphatic heterocycles. The fraction of sp³-hybridized carbons (Fsp3) is 0.667. The van der Waals surface area contributed by atoms with Crippen molar-refractivity contribution in [2.24, 2.45) is 18.9 Å². The summed E-state index contributed by atoms with van der Waals surface area (Å²) in [7, 11) is 1.92. The van der Waals surface area contributed by atoms with Gasteiger partial charge >= 0.3 is 5.97 Å². The molecule has 1 unspecified atom stereocenters. The summed E-state index contributed by atoms with van der Waals surface area (Å²) in [6.07, 6.45) is 6.82. The van der Waals surface area contributed by atoms with Gasteiger partial charge in [-0.25, -0.2) is 0 Å². The second-order valence-electron chi connectivity index (χ2n) is 6.11. The van der Waals surface area contributed by atoms with Crippen LogP contribution in [0.1, 0.15) is 49.4 Å². The van der Waals surface area contributed by atoms with Crippen LogP contribution in [0, 0.1) is 11.8 Å². The molecule has 1 aromatic heterocycles. The number of carboxylic acids is 1. The molecule has 0 spiro atoms. The third kappa shape index (κ3) is 2.54. The molecule has 6 heteroatoms. The van der Waals surface area contributed by atoms with Gasteiger partial charge in [-0.2, -0.15) is 5.10 Å². The molecule has 2 N–H and O–H groups in total. The zero-order chi connectivity index (χ0) is 15.0. The monoisotopic (exact) mass is 291 g/mol. The summed E-state index contributed by atoms with van der Waals surface area (Å²) in [4.78, 5) is 23.7. The van der Waals surface area contributed by atoms with Gasteiger partial charge in [-0.3, -0.25) is 14.3 Å². The molecule has 2 aliphatic rings. The molecule has 0 bridgehead atoms. The summed E-state index contributed by atoms with van der Waals surface area (Å²) in [6.45, 7) is 0. The number of fused-ring (bicyclic) bond motifs is 1. The normalized spacial score (nSPS) is 28.1. The van der Waals surface area contributed by atoms with Gasteiger partial charge in [-0.05, 0) is 32.1 Å². The quantitative estimate of drug-likeness (QED) is 0.882. The first-order valence-electron chi connectivity index (χ1n) is 7.62. The van der Waals surface area contributed by atoms with Gasteiger partial charge in [0.2, 0.25) is 5.91 Å². The number of rotatable bonds is 3. The molecule has 1 fully saturated rings. The van der Waals surface area contributed by atoms with E-state index in [-0.39, 0.29) is 17.9 Å². The van der Waals surface area contributed by atoms with Crippen molar-refractivity contribution < 1.29 is 14.7 Å². The molecular formula is C15H21N3O3. The Kier molecular flexibility index (Phi) is 3.69. The number of nitrogens with one attached hydrogen (secondary N) is 1. The predicted octanol–water partition coefficient (Wildman–Crippen LogP) is 1.41. The second kappa shape index (κ2) is 5.50. The molecular weight excluding hydrogens is 270 g/mol. The van der Waals surface area contributed by atoms with Crippen LogP contribution in [-0.2, 0) is 23.1 Å². The van der Waals surface area contributed by atoms with E-state index in [1.54, 1.807) is 0 Å². The van der Waals surface area contributed by atoms with Gasteiger partial charge in [0.1, 0.15) is 0 Å². The molecule has 21 heavy (non-hydrogen) atoms. The maximum Gasteiger partial charge on any atom is 0.307 e. The van der Waals surface area contributed by atoms with Crippen LogP contribution in [-0.4, -0.2) is 26.8 Å². The van der Waals surface area contributed by atoms with Gasteiger partial charge < -0.3 is 10.4 Å². The molecule has 0 aromatic carbocycles. The van der Waals surface area contributed by atoms with Gasteiger partial charge in [0.25, 0.3) is 0 Å². The van der Waals surface area contributed by atoms with E-state index in [1.165, 1.54) is 5.69 Å². The van der Waals surface area contributed by atoms with E-state index in [0.29, 0.717) is 12.8 Å². The fourth-order valence-corrected chi connectivity index (χ4v) is 3.70. The van der Waals surface area contributed by atoms with Gasteiger partial charge in [-0.15, -0.1) is 0 Å². The van der Waals surface area contributed by atoms with Gasteiger partial charge in [-0.1, -0.05) is 6.42 Å². The minimum absolute atomic E-state index is 0.0232. The van der Waals surface area contributed by atoms with Gasteiger partial charge in [0.15, 0.2) is 0 Å². The number of aromatic nitrogens is 2. The maximum absolute atomic E-state index is 12.4. The Labute approximate surface area is 123 Å². The van der Waals surface area contributed by atoms with Gasteiger partial charge in [0.05, 0.1) is 24.1 Å².